The molecular weight excluding hydrogens is 465 g/mol. The number of nitrogens with one attached hydrogen (secondary N) is 1. The Balaban J connectivity index is 1.97. The second-order valence-electron chi connectivity index (χ2n) is 6.28. The van der Waals surface area contributed by atoms with Crippen molar-refractivity contribution in [2.24, 2.45) is 0 Å². The van der Waals surface area contributed by atoms with Crippen LogP contribution in [0.25, 0.3) is 0 Å². The third-order valence-electron chi connectivity index (χ3n) is 4.15. The number of benzene rings is 3. The van der Waals surface area contributed by atoms with Crippen molar-refractivity contribution in [3.8, 4) is 0 Å². The van der Waals surface area contributed by atoms with Crippen molar-refractivity contribution in [2.45, 2.75) is 4.90 Å². The van der Waals surface area contributed by atoms with Crippen LogP contribution in [-0.2, 0) is 14.8 Å². The molecule has 3 aromatic rings. The number of hydrogen-bond acceptors (Lipinski definition) is 5. The Morgan fingerprint density at radius 2 is 1.68 bits per heavy atom. The first-order valence-corrected chi connectivity index (χ1v) is 11.0. The number of halogens is 2. The van der Waals surface area contributed by atoms with E-state index in [1.54, 1.807) is 6.07 Å². The highest BCUT2D eigenvalue weighted by Gasteiger charge is 2.28. The first-order valence-electron chi connectivity index (χ1n) is 8.75. The third kappa shape index (κ3) is 5.32. The summed E-state index contributed by atoms with van der Waals surface area (Å²) in [6.45, 7) is -0.626. The van der Waals surface area contributed by atoms with Crippen molar-refractivity contribution in [2.75, 3.05) is 16.2 Å². The first kappa shape index (κ1) is 22.5. The second-order valence-corrected chi connectivity index (χ2v) is 8.96. The summed E-state index contributed by atoms with van der Waals surface area (Å²) in [6, 6.07) is 16.9. The minimum absolute atomic E-state index is 0.0256. The highest BCUT2D eigenvalue weighted by Crippen LogP contribution is 2.28. The lowest BCUT2D eigenvalue weighted by Gasteiger charge is -2.24. The Bertz CT molecular complexity index is 1240. The summed E-state index contributed by atoms with van der Waals surface area (Å²) in [5.41, 5.74) is -0.0199. The number of hydrogen-bond donors (Lipinski definition) is 1. The van der Waals surface area contributed by atoms with E-state index in [1.165, 1.54) is 60.7 Å². The number of nitrogens with zero attached hydrogens (tertiary/aromatic N) is 2. The van der Waals surface area contributed by atoms with Crippen LogP contribution in [0.2, 0.25) is 10.0 Å². The molecule has 0 spiro atoms. The lowest BCUT2D eigenvalue weighted by molar-refractivity contribution is -0.384. The smallest absolute Gasteiger partial charge is 0.271 e. The molecule has 3 aromatic carbocycles. The third-order valence-corrected chi connectivity index (χ3v) is 6.68. The first-order chi connectivity index (χ1) is 14.7. The van der Waals surface area contributed by atoms with Crippen molar-refractivity contribution in [3.63, 3.8) is 0 Å². The highest BCUT2D eigenvalue weighted by atomic mass is 35.5. The van der Waals surface area contributed by atoms with Crippen LogP contribution in [0.5, 0.6) is 0 Å². The van der Waals surface area contributed by atoms with Crippen LogP contribution in [-0.4, -0.2) is 25.8 Å². The lowest BCUT2D eigenvalue weighted by Crippen LogP contribution is -2.38. The minimum Gasteiger partial charge on any atom is -0.324 e. The van der Waals surface area contributed by atoms with Crippen molar-refractivity contribution >= 4 is 56.2 Å². The monoisotopic (exact) mass is 479 g/mol. The quantitative estimate of drug-likeness (QED) is 0.388. The van der Waals surface area contributed by atoms with Gasteiger partial charge in [0.05, 0.1) is 25.6 Å². The number of sulfonamides is 1. The molecule has 0 unspecified atom stereocenters. The lowest BCUT2D eigenvalue weighted by atomic mass is 10.3. The van der Waals surface area contributed by atoms with Gasteiger partial charge in [0.2, 0.25) is 5.91 Å². The van der Waals surface area contributed by atoms with Gasteiger partial charge < -0.3 is 5.32 Å². The largest absolute Gasteiger partial charge is 0.324 e. The van der Waals surface area contributed by atoms with E-state index in [4.69, 9.17) is 23.2 Å². The van der Waals surface area contributed by atoms with E-state index in [0.717, 1.165) is 10.4 Å². The molecule has 31 heavy (non-hydrogen) atoms. The van der Waals surface area contributed by atoms with E-state index in [1.807, 2.05) is 0 Å². The molecule has 1 N–H and O–H groups in total. The van der Waals surface area contributed by atoms with Gasteiger partial charge in [0, 0.05) is 17.8 Å². The minimum atomic E-state index is -4.20. The number of carbonyl (C=O) groups is 1. The van der Waals surface area contributed by atoms with Crippen LogP contribution >= 0.6 is 23.2 Å². The number of nitro benzene ring substituents is 1. The van der Waals surface area contributed by atoms with E-state index in [0.29, 0.717) is 10.7 Å². The number of rotatable bonds is 7. The highest BCUT2D eigenvalue weighted by molar-refractivity contribution is 7.92. The molecule has 11 heteroatoms. The number of amides is 1. The van der Waals surface area contributed by atoms with Gasteiger partial charge in [-0.25, -0.2) is 8.42 Å². The van der Waals surface area contributed by atoms with Gasteiger partial charge in [-0.05, 0) is 36.4 Å². The van der Waals surface area contributed by atoms with Gasteiger partial charge in [0.1, 0.15) is 6.54 Å². The maximum atomic E-state index is 13.2. The van der Waals surface area contributed by atoms with E-state index >= 15 is 0 Å². The zero-order valence-corrected chi connectivity index (χ0v) is 18.1. The molecule has 0 heterocycles. The molecule has 1 amide bonds. The van der Waals surface area contributed by atoms with Crippen molar-refractivity contribution in [3.05, 3.63) is 93.0 Å². The molecule has 0 aliphatic heterocycles. The van der Waals surface area contributed by atoms with E-state index in [-0.39, 0.29) is 21.3 Å². The Morgan fingerprint density at radius 1 is 0.968 bits per heavy atom. The number of anilines is 2. The molecule has 8 nitrogen and oxygen atoms in total. The van der Waals surface area contributed by atoms with Crippen molar-refractivity contribution in [1.29, 1.82) is 0 Å². The summed E-state index contributed by atoms with van der Waals surface area (Å²) < 4.78 is 27.3. The SMILES string of the molecule is O=C(CN(c1cccc([N+](=O)[O-])c1)S(=O)(=O)c1ccccc1)Nc1ccc(Cl)c(Cl)c1. The summed E-state index contributed by atoms with van der Waals surface area (Å²) in [7, 11) is -4.20. The van der Waals surface area contributed by atoms with Gasteiger partial charge in [-0.2, -0.15) is 0 Å². The second kappa shape index (κ2) is 9.34. The Kier molecular flexibility index (Phi) is 6.79. The maximum absolute atomic E-state index is 13.2. The van der Waals surface area contributed by atoms with Crippen LogP contribution in [0.3, 0.4) is 0 Å². The van der Waals surface area contributed by atoms with E-state index < -0.39 is 27.4 Å². The molecule has 3 rings (SSSR count). The molecule has 0 aliphatic rings. The molecule has 0 saturated heterocycles. The Morgan fingerprint density at radius 3 is 2.32 bits per heavy atom. The van der Waals surface area contributed by atoms with Gasteiger partial charge >= 0.3 is 0 Å². The Hall–Kier alpha value is -3.14. The normalized spacial score (nSPS) is 11.0. The number of non-ortho nitro benzene ring substituents is 1. The fraction of sp³-hybridized carbons (Fsp3) is 0.0500. The summed E-state index contributed by atoms with van der Waals surface area (Å²) in [5, 5.41) is 14.2. The molecule has 0 aromatic heterocycles. The fourth-order valence-electron chi connectivity index (χ4n) is 2.70. The Labute approximate surface area is 188 Å². The fourth-order valence-corrected chi connectivity index (χ4v) is 4.43. The topological polar surface area (TPSA) is 110 Å². The van der Waals surface area contributed by atoms with E-state index in [9.17, 15) is 23.3 Å². The summed E-state index contributed by atoms with van der Waals surface area (Å²) in [6.07, 6.45) is 0. The van der Waals surface area contributed by atoms with Gasteiger partial charge in [0.15, 0.2) is 0 Å². The predicted octanol–water partition coefficient (Wildman–Crippen LogP) is 4.74. The molecule has 0 radical (unpaired) electrons. The van der Waals surface area contributed by atoms with Gasteiger partial charge in [-0.3, -0.25) is 19.2 Å². The molecule has 0 saturated carbocycles. The van der Waals surface area contributed by atoms with Gasteiger partial charge in [-0.15, -0.1) is 0 Å². The van der Waals surface area contributed by atoms with E-state index in [2.05, 4.69) is 5.32 Å². The molecular formula is C20H15Cl2N3O5S. The molecule has 160 valence electrons. The molecule has 0 bridgehead atoms. The zero-order chi connectivity index (χ0) is 22.6. The standard InChI is InChI=1S/C20H15Cl2N3O5S/c21-18-10-9-14(11-19(18)22)23-20(26)13-24(15-5-4-6-16(12-15)25(27)28)31(29,30)17-7-2-1-3-8-17/h1-12H,13H2,(H,23,26). The van der Waals surface area contributed by atoms with Gasteiger partial charge in [-0.1, -0.05) is 47.5 Å². The van der Waals surface area contributed by atoms with Crippen LogP contribution in [0.4, 0.5) is 17.1 Å². The van der Waals surface area contributed by atoms with Crippen LogP contribution in [0.15, 0.2) is 77.7 Å². The molecule has 0 aliphatic carbocycles. The predicted molar refractivity (Wildman–Crippen MR) is 119 cm³/mol. The summed E-state index contributed by atoms with van der Waals surface area (Å²) in [5.74, 6) is -0.676. The molecule has 0 fully saturated rings. The van der Waals surface area contributed by atoms with Crippen LogP contribution in [0.1, 0.15) is 0 Å². The number of nitro groups is 1. The average molecular weight is 480 g/mol. The van der Waals surface area contributed by atoms with Crippen LogP contribution in [0, 0.1) is 10.1 Å². The zero-order valence-electron chi connectivity index (χ0n) is 15.7. The number of carbonyl (C=O) groups excluding carboxylic acids is 1. The van der Waals surface area contributed by atoms with Gasteiger partial charge in [0.25, 0.3) is 15.7 Å². The van der Waals surface area contributed by atoms with Crippen molar-refractivity contribution in [1.82, 2.24) is 0 Å². The van der Waals surface area contributed by atoms with Crippen LogP contribution < -0.4 is 9.62 Å². The molecule has 0 atom stereocenters. The maximum Gasteiger partial charge on any atom is 0.271 e. The average Bonchev–Trinajstić information content (AvgIpc) is 2.75. The summed E-state index contributed by atoms with van der Waals surface area (Å²) in [4.78, 5) is 23.1. The summed E-state index contributed by atoms with van der Waals surface area (Å²) >= 11 is 11.8. The van der Waals surface area contributed by atoms with Crippen molar-refractivity contribution < 1.29 is 18.1 Å².